The number of thioether (sulfide) groups is 1. The summed E-state index contributed by atoms with van der Waals surface area (Å²) >= 11 is 5.92. The van der Waals surface area contributed by atoms with Crippen LogP contribution < -0.4 is 5.32 Å². The van der Waals surface area contributed by atoms with E-state index in [2.05, 4.69) is 21.2 Å². The molecule has 7 heteroatoms. The molecular formula is C9H10BrNO3S2. The number of halogens is 1. The first kappa shape index (κ1) is 13.5. The molecule has 0 saturated heterocycles. The third-order valence-electron chi connectivity index (χ3n) is 1.55. The lowest BCUT2D eigenvalue weighted by Crippen LogP contribution is -2.25. The van der Waals surface area contributed by atoms with Crippen molar-refractivity contribution < 1.29 is 14.7 Å². The summed E-state index contributed by atoms with van der Waals surface area (Å²) in [6.45, 7) is 0.478. The van der Waals surface area contributed by atoms with Gasteiger partial charge in [-0.15, -0.1) is 23.1 Å². The second kappa shape index (κ2) is 6.93. The Bertz CT molecular complexity index is 381. The summed E-state index contributed by atoms with van der Waals surface area (Å²) < 4.78 is 0.892. The van der Waals surface area contributed by atoms with Gasteiger partial charge in [0.25, 0.3) is 5.91 Å². The second-order valence-electron chi connectivity index (χ2n) is 2.83. The highest BCUT2D eigenvalue weighted by molar-refractivity contribution is 9.10. The van der Waals surface area contributed by atoms with Crippen LogP contribution in [0.2, 0.25) is 0 Å². The van der Waals surface area contributed by atoms with Gasteiger partial charge in [-0.2, -0.15) is 0 Å². The Hall–Kier alpha value is -0.530. The molecule has 0 radical (unpaired) electrons. The molecule has 1 aromatic heterocycles. The Kier molecular flexibility index (Phi) is 5.86. The minimum absolute atomic E-state index is 0.0699. The highest BCUT2D eigenvalue weighted by Crippen LogP contribution is 2.19. The number of nitrogens with one attached hydrogen (secondary N) is 1. The maximum absolute atomic E-state index is 11.5. The Morgan fingerprint density at radius 3 is 2.88 bits per heavy atom. The van der Waals surface area contributed by atoms with Crippen LogP contribution in [0.25, 0.3) is 0 Å². The van der Waals surface area contributed by atoms with Gasteiger partial charge in [0.2, 0.25) is 0 Å². The van der Waals surface area contributed by atoms with Gasteiger partial charge >= 0.3 is 5.97 Å². The zero-order valence-corrected chi connectivity index (χ0v) is 11.5. The van der Waals surface area contributed by atoms with E-state index in [0.717, 1.165) is 4.47 Å². The lowest BCUT2D eigenvalue weighted by molar-refractivity contribution is -0.133. The fraction of sp³-hybridized carbons (Fsp3) is 0.333. The Balaban J connectivity index is 2.18. The van der Waals surface area contributed by atoms with E-state index < -0.39 is 5.97 Å². The summed E-state index contributed by atoms with van der Waals surface area (Å²) in [5.41, 5.74) is 0. The number of carboxylic acid groups (broad SMARTS) is 1. The molecule has 0 unspecified atom stereocenters. The van der Waals surface area contributed by atoms with Crippen LogP contribution in [-0.4, -0.2) is 35.0 Å². The van der Waals surface area contributed by atoms with E-state index >= 15 is 0 Å². The molecule has 0 bridgehead atoms. The predicted molar refractivity (Wildman–Crippen MR) is 69.3 cm³/mol. The van der Waals surface area contributed by atoms with Gasteiger partial charge in [0, 0.05) is 22.2 Å². The molecule has 1 aromatic rings. The molecule has 2 N–H and O–H groups in total. The minimum Gasteiger partial charge on any atom is -0.481 e. The van der Waals surface area contributed by atoms with Crippen LogP contribution in [0.4, 0.5) is 0 Å². The van der Waals surface area contributed by atoms with Crippen molar-refractivity contribution in [1.82, 2.24) is 5.32 Å². The van der Waals surface area contributed by atoms with E-state index in [4.69, 9.17) is 5.11 Å². The highest BCUT2D eigenvalue weighted by Gasteiger charge is 2.07. The van der Waals surface area contributed by atoms with E-state index in [0.29, 0.717) is 17.2 Å². The molecule has 88 valence electrons. The minimum atomic E-state index is -0.835. The van der Waals surface area contributed by atoms with Crippen molar-refractivity contribution in [3.63, 3.8) is 0 Å². The second-order valence-corrected chi connectivity index (χ2v) is 5.76. The lowest BCUT2D eigenvalue weighted by Gasteiger charge is -2.01. The lowest BCUT2D eigenvalue weighted by atomic mass is 10.4. The van der Waals surface area contributed by atoms with Crippen LogP contribution in [0.1, 0.15) is 9.67 Å². The van der Waals surface area contributed by atoms with E-state index in [-0.39, 0.29) is 11.7 Å². The van der Waals surface area contributed by atoms with E-state index in [1.807, 2.05) is 5.38 Å². The monoisotopic (exact) mass is 323 g/mol. The number of hydrogen-bond donors (Lipinski definition) is 2. The summed E-state index contributed by atoms with van der Waals surface area (Å²) in [6, 6.07) is 1.75. The Morgan fingerprint density at radius 2 is 2.31 bits per heavy atom. The van der Waals surface area contributed by atoms with Gasteiger partial charge < -0.3 is 10.4 Å². The smallest absolute Gasteiger partial charge is 0.313 e. The van der Waals surface area contributed by atoms with Gasteiger partial charge in [0.15, 0.2) is 0 Å². The van der Waals surface area contributed by atoms with Crippen molar-refractivity contribution in [3.8, 4) is 0 Å². The number of aliphatic carboxylic acids is 1. The number of carbonyl (C=O) groups is 2. The predicted octanol–water partition coefficient (Wildman–Crippen LogP) is 2.06. The molecule has 0 spiro atoms. The first-order valence-corrected chi connectivity index (χ1v) is 7.24. The van der Waals surface area contributed by atoms with E-state index in [1.54, 1.807) is 6.07 Å². The summed E-state index contributed by atoms with van der Waals surface area (Å²) in [4.78, 5) is 22.4. The van der Waals surface area contributed by atoms with Gasteiger partial charge in [0.1, 0.15) is 0 Å². The first-order valence-electron chi connectivity index (χ1n) is 4.41. The number of rotatable bonds is 6. The zero-order chi connectivity index (χ0) is 12.0. The van der Waals surface area contributed by atoms with E-state index in [1.165, 1.54) is 23.1 Å². The maximum Gasteiger partial charge on any atom is 0.313 e. The quantitative estimate of drug-likeness (QED) is 0.786. The van der Waals surface area contributed by atoms with Gasteiger partial charge in [0.05, 0.1) is 10.6 Å². The Labute approximate surface area is 110 Å². The van der Waals surface area contributed by atoms with Crippen molar-refractivity contribution in [2.24, 2.45) is 0 Å². The average Bonchev–Trinajstić information content (AvgIpc) is 2.63. The fourth-order valence-corrected chi connectivity index (χ4v) is 2.82. The van der Waals surface area contributed by atoms with Crippen LogP contribution in [0.3, 0.4) is 0 Å². The first-order chi connectivity index (χ1) is 7.59. The molecule has 0 saturated carbocycles. The van der Waals surface area contributed by atoms with Crippen molar-refractivity contribution in [3.05, 3.63) is 20.8 Å². The summed E-state index contributed by atoms with van der Waals surface area (Å²) in [6.07, 6.45) is 0. The molecule has 0 aliphatic carbocycles. The third kappa shape index (κ3) is 5.00. The van der Waals surface area contributed by atoms with Crippen molar-refractivity contribution in [1.29, 1.82) is 0 Å². The molecule has 0 aromatic carbocycles. The summed E-state index contributed by atoms with van der Waals surface area (Å²) in [5.74, 6) is -0.282. The van der Waals surface area contributed by atoms with Gasteiger partial charge in [-0.3, -0.25) is 9.59 Å². The number of thiophene rings is 1. The zero-order valence-electron chi connectivity index (χ0n) is 8.23. The van der Waals surface area contributed by atoms with Gasteiger partial charge in [-0.25, -0.2) is 0 Å². The van der Waals surface area contributed by atoms with Crippen molar-refractivity contribution in [2.75, 3.05) is 18.1 Å². The summed E-state index contributed by atoms with van der Waals surface area (Å²) in [7, 11) is 0. The maximum atomic E-state index is 11.5. The van der Waals surface area contributed by atoms with Crippen LogP contribution >= 0.6 is 39.0 Å². The van der Waals surface area contributed by atoms with Crippen molar-refractivity contribution in [2.45, 2.75) is 0 Å². The number of carbonyl (C=O) groups excluding carboxylic acids is 1. The van der Waals surface area contributed by atoms with Crippen LogP contribution in [0, 0.1) is 0 Å². The van der Waals surface area contributed by atoms with Crippen LogP contribution in [0.15, 0.2) is 15.9 Å². The number of hydrogen-bond acceptors (Lipinski definition) is 4. The molecule has 0 aliphatic heterocycles. The topological polar surface area (TPSA) is 66.4 Å². The van der Waals surface area contributed by atoms with E-state index in [9.17, 15) is 9.59 Å². The molecule has 0 atom stereocenters. The fourth-order valence-electron chi connectivity index (χ4n) is 0.915. The Morgan fingerprint density at radius 1 is 1.56 bits per heavy atom. The largest absolute Gasteiger partial charge is 0.481 e. The van der Waals surface area contributed by atoms with Crippen LogP contribution in [0.5, 0.6) is 0 Å². The molecule has 1 heterocycles. The van der Waals surface area contributed by atoms with Crippen LogP contribution in [-0.2, 0) is 4.79 Å². The number of carboxylic acids is 1. The summed E-state index contributed by atoms with van der Waals surface area (Å²) in [5, 5.41) is 13.0. The number of amides is 1. The normalized spacial score (nSPS) is 10.1. The highest BCUT2D eigenvalue weighted by atomic mass is 79.9. The molecule has 1 amide bonds. The standard InChI is InChI=1S/C9H10BrNO3S2/c10-6-3-7(16-4-6)9(14)11-1-2-15-5-8(12)13/h3-4H,1-2,5H2,(H,11,14)(H,12,13). The molecular weight excluding hydrogens is 314 g/mol. The molecule has 4 nitrogen and oxygen atoms in total. The SMILES string of the molecule is O=C(O)CSCCNC(=O)c1cc(Br)cs1. The molecule has 0 fully saturated rings. The third-order valence-corrected chi connectivity index (χ3v) is 4.18. The van der Waals surface area contributed by atoms with Gasteiger partial charge in [-0.1, -0.05) is 0 Å². The molecule has 1 rings (SSSR count). The average molecular weight is 324 g/mol. The molecule has 0 aliphatic rings. The van der Waals surface area contributed by atoms with Crippen molar-refractivity contribution >= 4 is 50.9 Å². The van der Waals surface area contributed by atoms with Gasteiger partial charge in [-0.05, 0) is 22.0 Å². The molecule has 16 heavy (non-hydrogen) atoms.